The van der Waals surface area contributed by atoms with Crippen molar-refractivity contribution < 1.29 is 28.6 Å². The van der Waals surface area contributed by atoms with Crippen molar-refractivity contribution >= 4 is 17.9 Å². The molecule has 0 heterocycles. The fourth-order valence-corrected chi connectivity index (χ4v) is 6.96. The summed E-state index contributed by atoms with van der Waals surface area (Å²) < 4.78 is 16.7. The van der Waals surface area contributed by atoms with E-state index in [4.69, 9.17) is 14.2 Å². The van der Waals surface area contributed by atoms with Crippen molar-refractivity contribution in [1.82, 2.24) is 0 Å². The average Bonchev–Trinajstić information content (AvgIpc) is 3.29. The first-order valence-corrected chi connectivity index (χ1v) is 26.2. The van der Waals surface area contributed by atoms with Crippen molar-refractivity contribution in [1.29, 1.82) is 0 Å². The minimum Gasteiger partial charge on any atom is -0.462 e. The van der Waals surface area contributed by atoms with E-state index in [2.05, 4.69) is 106 Å². The van der Waals surface area contributed by atoms with Crippen LogP contribution in [0, 0.1) is 0 Å². The molecule has 64 heavy (non-hydrogen) atoms. The molecule has 0 amide bonds. The highest BCUT2D eigenvalue weighted by Crippen LogP contribution is 2.14. The minimum absolute atomic E-state index is 0.116. The van der Waals surface area contributed by atoms with Crippen molar-refractivity contribution in [3.8, 4) is 0 Å². The molecular weight excluding hydrogens is 793 g/mol. The topological polar surface area (TPSA) is 78.9 Å². The first-order chi connectivity index (χ1) is 31.5. The minimum atomic E-state index is -0.823. The van der Waals surface area contributed by atoms with Crippen LogP contribution >= 0.6 is 0 Å². The summed E-state index contributed by atoms with van der Waals surface area (Å²) in [5, 5.41) is 0. The molecule has 0 aliphatic carbocycles. The summed E-state index contributed by atoms with van der Waals surface area (Å²) in [7, 11) is 0. The van der Waals surface area contributed by atoms with Gasteiger partial charge in [0.1, 0.15) is 13.2 Å². The molecule has 0 aliphatic heterocycles. The molecule has 0 radical (unpaired) electrons. The van der Waals surface area contributed by atoms with Gasteiger partial charge in [0, 0.05) is 12.8 Å². The molecule has 0 saturated carbocycles. The molecule has 0 N–H and O–H groups in total. The highest BCUT2D eigenvalue weighted by atomic mass is 16.6. The van der Waals surface area contributed by atoms with Gasteiger partial charge in [0.15, 0.2) is 6.10 Å². The van der Waals surface area contributed by atoms with Gasteiger partial charge in [-0.25, -0.2) is 0 Å². The van der Waals surface area contributed by atoms with Crippen molar-refractivity contribution in [3.63, 3.8) is 0 Å². The lowest BCUT2D eigenvalue weighted by molar-refractivity contribution is -0.166. The van der Waals surface area contributed by atoms with E-state index < -0.39 is 12.1 Å². The monoisotopic (exact) mass is 889 g/mol. The number of carbonyl (C=O) groups is 3. The van der Waals surface area contributed by atoms with Gasteiger partial charge in [-0.1, -0.05) is 214 Å². The predicted octanol–water partition coefficient (Wildman–Crippen LogP) is 17.4. The fraction of sp³-hybridized carbons (Fsp3) is 0.672. The lowest BCUT2D eigenvalue weighted by Gasteiger charge is -2.18. The standard InChI is InChI=1S/C58H96O6/c1-4-7-10-13-16-19-21-23-25-27-29-31-32-34-36-39-42-45-48-51-57(60)63-54-55(53-62-56(59)50-47-44-41-38-18-15-12-9-6-3)64-58(61)52-49-46-43-40-37-35-33-30-28-26-24-22-20-17-14-11-8-5-2/h7,9-10,12,16,18-19,23,25,29-31,33,38,44,47,55H,4-6,8,11,13-15,17,20-22,24,26-28,32,34-37,39-43,45-46,48-54H2,1-3H3/b10-7-,12-9-,19-16-,25-23-,31-29-,33-30-,38-18-,47-44-. The van der Waals surface area contributed by atoms with Crippen LogP contribution in [0.15, 0.2) is 97.2 Å². The van der Waals surface area contributed by atoms with Crippen LogP contribution in [0.4, 0.5) is 0 Å². The van der Waals surface area contributed by atoms with Gasteiger partial charge in [-0.05, 0) is 96.3 Å². The molecule has 0 aliphatic rings. The molecule has 0 spiro atoms. The average molecular weight is 889 g/mol. The maximum atomic E-state index is 12.8. The molecule has 1 atom stereocenters. The Balaban J connectivity index is 4.40. The summed E-state index contributed by atoms with van der Waals surface area (Å²) in [5.74, 6) is -1.07. The number of hydrogen-bond donors (Lipinski definition) is 0. The highest BCUT2D eigenvalue weighted by Gasteiger charge is 2.19. The van der Waals surface area contributed by atoms with Gasteiger partial charge in [-0.3, -0.25) is 14.4 Å². The Hall–Kier alpha value is -3.67. The molecule has 0 saturated heterocycles. The van der Waals surface area contributed by atoms with Gasteiger partial charge in [-0.2, -0.15) is 0 Å². The van der Waals surface area contributed by atoms with E-state index in [1.54, 1.807) is 6.08 Å². The van der Waals surface area contributed by atoms with Crippen LogP contribution in [0.3, 0.4) is 0 Å². The maximum Gasteiger partial charge on any atom is 0.309 e. The van der Waals surface area contributed by atoms with Crippen molar-refractivity contribution in [2.24, 2.45) is 0 Å². The molecule has 364 valence electrons. The predicted molar refractivity (Wildman–Crippen MR) is 274 cm³/mol. The van der Waals surface area contributed by atoms with Crippen LogP contribution in [0.25, 0.3) is 0 Å². The Labute approximate surface area is 394 Å². The molecule has 1 unspecified atom stereocenters. The summed E-state index contributed by atoms with van der Waals surface area (Å²) in [5.41, 5.74) is 0. The van der Waals surface area contributed by atoms with Crippen LogP contribution < -0.4 is 0 Å². The van der Waals surface area contributed by atoms with Crippen LogP contribution in [0.5, 0.6) is 0 Å². The van der Waals surface area contributed by atoms with E-state index in [0.717, 1.165) is 109 Å². The van der Waals surface area contributed by atoms with Gasteiger partial charge in [0.05, 0.1) is 6.42 Å². The van der Waals surface area contributed by atoms with E-state index in [-0.39, 0.29) is 31.6 Å². The number of esters is 3. The van der Waals surface area contributed by atoms with Crippen molar-refractivity contribution in [2.75, 3.05) is 13.2 Å². The fourth-order valence-electron chi connectivity index (χ4n) is 6.96. The number of ether oxygens (including phenoxy) is 3. The largest absolute Gasteiger partial charge is 0.462 e. The Morgan fingerprint density at radius 3 is 1.11 bits per heavy atom. The Morgan fingerprint density at radius 1 is 0.344 bits per heavy atom. The number of allylic oxidation sites excluding steroid dienone is 15. The van der Waals surface area contributed by atoms with E-state index in [0.29, 0.717) is 12.8 Å². The SMILES string of the molecule is CC/C=C\C/C=C\C/C=C\C/C=C\CCCCCCCCC(=O)OCC(COC(=O)C/C=C\C/C=C\C/C=C\CC)OC(=O)CCCCCCC/C=C\CCCCCCCCCCC. The van der Waals surface area contributed by atoms with Gasteiger partial charge in [-0.15, -0.1) is 0 Å². The molecule has 6 nitrogen and oxygen atoms in total. The number of carbonyl (C=O) groups excluding carboxylic acids is 3. The first kappa shape index (κ1) is 60.3. The Morgan fingerprint density at radius 2 is 0.672 bits per heavy atom. The maximum absolute atomic E-state index is 12.8. The molecular formula is C58H96O6. The third kappa shape index (κ3) is 49.3. The second-order valence-corrected chi connectivity index (χ2v) is 17.0. The Bertz CT molecular complexity index is 1300. The molecule has 0 aromatic rings. The summed E-state index contributed by atoms with van der Waals surface area (Å²) >= 11 is 0. The number of unbranched alkanes of at least 4 members (excludes halogenated alkanes) is 20. The number of hydrogen-bond acceptors (Lipinski definition) is 6. The number of rotatable bonds is 46. The van der Waals surface area contributed by atoms with Crippen LogP contribution in [0.2, 0.25) is 0 Å². The Kier molecular flexibility index (Phi) is 49.0. The normalized spacial score (nSPS) is 12.9. The van der Waals surface area contributed by atoms with Gasteiger partial charge < -0.3 is 14.2 Å². The molecule has 6 heteroatoms. The van der Waals surface area contributed by atoms with Gasteiger partial charge in [0.2, 0.25) is 0 Å². The third-order valence-corrected chi connectivity index (χ3v) is 10.8. The van der Waals surface area contributed by atoms with Crippen LogP contribution in [-0.4, -0.2) is 37.2 Å². The second-order valence-electron chi connectivity index (χ2n) is 17.0. The molecule has 0 bridgehead atoms. The van der Waals surface area contributed by atoms with E-state index in [1.165, 1.54) is 83.5 Å². The summed E-state index contributed by atoms with van der Waals surface area (Å²) in [6, 6.07) is 0. The highest BCUT2D eigenvalue weighted by molar-refractivity contribution is 5.72. The van der Waals surface area contributed by atoms with Gasteiger partial charge in [0.25, 0.3) is 0 Å². The zero-order valence-corrected chi connectivity index (χ0v) is 41.5. The van der Waals surface area contributed by atoms with Crippen molar-refractivity contribution in [3.05, 3.63) is 97.2 Å². The summed E-state index contributed by atoms with van der Waals surface area (Å²) in [4.78, 5) is 37.9. The zero-order valence-electron chi connectivity index (χ0n) is 41.5. The molecule has 0 aromatic heterocycles. The van der Waals surface area contributed by atoms with Crippen molar-refractivity contribution in [2.45, 2.75) is 239 Å². The lowest BCUT2D eigenvalue weighted by Crippen LogP contribution is -2.30. The van der Waals surface area contributed by atoms with E-state index in [1.807, 2.05) is 6.08 Å². The van der Waals surface area contributed by atoms with Gasteiger partial charge >= 0.3 is 17.9 Å². The van der Waals surface area contributed by atoms with E-state index in [9.17, 15) is 14.4 Å². The molecule has 0 rings (SSSR count). The first-order valence-electron chi connectivity index (χ1n) is 26.2. The molecule has 0 aromatic carbocycles. The van der Waals surface area contributed by atoms with Crippen LogP contribution in [-0.2, 0) is 28.6 Å². The quantitative estimate of drug-likeness (QED) is 0.0262. The summed E-state index contributed by atoms with van der Waals surface area (Å²) in [6.45, 7) is 6.29. The van der Waals surface area contributed by atoms with E-state index >= 15 is 0 Å². The molecule has 0 fully saturated rings. The third-order valence-electron chi connectivity index (χ3n) is 10.8. The lowest BCUT2D eigenvalue weighted by atomic mass is 10.1. The zero-order chi connectivity index (χ0) is 46.5. The van der Waals surface area contributed by atoms with Crippen LogP contribution in [0.1, 0.15) is 233 Å². The smallest absolute Gasteiger partial charge is 0.309 e. The summed E-state index contributed by atoms with van der Waals surface area (Å²) in [6.07, 6.45) is 68.6. The second kappa shape index (κ2) is 52.0.